The Balaban J connectivity index is 0.00000312. The minimum atomic E-state index is 0. The number of hydrogen-bond acceptors (Lipinski definition) is 3. The Labute approximate surface area is 172 Å². The Morgan fingerprint density at radius 3 is 2.40 bits per heavy atom. The molecule has 5 nitrogen and oxygen atoms in total. The van der Waals surface area contributed by atoms with Crippen molar-refractivity contribution in [1.29, 1.82) is 0 Å². The van der Waals surface area contributed by atoms with E-state index in [9.17, 15) is 0 Å². The van der Waals surface area contributed by atoms with Crippen LogP contribution in [0.1, 0.15) is 52.4 Å². The zero-order chi connectivity index (χ0) is 17.2. The summed E-state index contributed by atoms with van der Waals surface area (Å²) in [4.78, 5) is 9.61. The summed E-state index contributed by atoms with van der Waals surface area (Å²) in [5.74, 6) is 1.88. The summed E-state index contributed by atoms with van der Waals surface area (Å²) in [7, 11) is 1.87. The Kier molecular flexibility index (Phi) is 12.1. The van der Waals surface area contributed by atoms with E-state index in [4.69, 9.17) is 0 Å². The average Bonchev–Trinajstić information content (AvgIpc) is 3.13. The molecular weight excluding hydrogens is 425 g/mol. The second-order valence-corrected chi connectivity index (χ2v) is 7.56. The van der Waals surface area contributed by atoms with E-state index >= 15 is 0 Å². The van der Waals surface area contributed by atoms with Gasteiger partial charge in [0.1, 0.15) is 0 Å². The van der Waals surface area contributed by atoms with Crippen molar-refractivity contribution in [3.05, 3.63) is 0 Å². The Hall–Kier alpha value is -0.0800. The van der Waals surface area contributed by atoms with Crippen molar-refractivity contribution < 1.29 is 0 Å². The fraction of sp³-hybridized carbons (Fsp3) is 0.947. The van der Waals surface area contributed by atoms with Gasteiger partial charge >= 0.3 is 0 Å². The first kappa shape index (κ1) is 23.0. The number of likely N-dealkylation sites (tertiary alicyclic amines) is 2. The van der Waals surface area contributed by atoms with E-state index in [0.29, 0.717) is 6.04 Å². The van der Waals surface area contributed by atoms with E-state index in [-0.39, 0.29) is 24.0 Å². The van der Waals surface area contributed by atoms with Crippen LogP contribution in [0, 0.1) is 5.92 Å². The van der Waals surface area contributed by atoms with Crippen molar-refractivity contribution in [3.8, 4) is 0 Å². The molecule has 0 radical (unpaired) electrons. The molecule has 0 aromatic carbocycles. The van der Waals surface area contributed by atoms with Gasteiger partial charge in [0.2, 0.25) is 0 Å². The van der Waals surface area contributed by atoms with Crippen molar-refractivity contribution in [2.24, 2.45) is 10.9 Å². The number of guanidine groups is 1. The number of nitrogens with one attached hydrogen (secondary N) is 2. The average molecular weight is 465 g/mol. The Morgan fingerprint density at radius 1 is 1.12 bits per heavy atom. The van der Waals surface area contributed by atoms with Crippen molar-refractivity contribution in [1.82, 2.24) is 20.4 Å². The summed E-state index contributed by atoms with van der Waals surface area (Å²) in [5, 5.41) is 7.01. The lowest BCUT2D eigenvalue weighted by Gasteiger charge is -2.30. The van der Waals surface area contributed by atoms with Crippen LogP contribution in [-0.4, -0.2) is 74.7 Å². The lowest BCUT2D eigenvalue weighted by molar-refractivity contribution is 0.191. The lowest BCUT2D eigenvalue weighted by atomic mass is 9.99. The van der Waals surface area contributed by atoms with Crippen LogP contribution in [0.25, 0.3) is 0 Å². The van der Waals surface area contributed by atoms with Crippen LogP contribution in [-0.2, 0) is 0 Å². The summed E-state index contributed by atoms with van der Waals surface area (Å²) < 4.78 is 0. The third-order valence-electron chi connectivity index (χ3n) is 5.68. The van der Waals surface area contributed by atoms with Gasteiger partial charge in [0, 0.05) is 26.2 Å². The maximum absolute atomic E-state index is 4.38. The highest BCUT2D eigenvalue weighted by Crippen LogP contribution is 2.15. The zero-order valence-corrected chi connectivity index (χ0v) is 18.9. The quantitative estimate of drug-likeness (QED) is 0.251. The molecule has 0 saturated carbocycles. The minimum absolute atomic E-state index is 0. The van der Waals surface area contributed by atoms with Gasteiger partial charge in [0.15, 0.2) is 5.96 Å². The van der Waals surface area contributed by atoms with Crippen LogP contribution in [0.3, 0.4) is 0 Å². The third-order valence-corrected chi connectivity index (χ3v) is 5.68. The van der Waals surface area contributed by atoms with Gasteiger partial charge < -0.3 is 15.5 Å². The first-order chi connectivity index (χ1) is 11.7. The fourth-order valence-corrected chi connectivity index (χ4v) is 3.87. The van der Waals surface area contributed by atoms with E-state index in [1.165, 1.54) is 71.2 Å². The molecule has 2 aliphatic rings. The van der Waals surface area contributed by atoms with Gasteiger partial charge in [-0.05, 0) is 77.2 Å². The highest BCUT2D eigenvalue weighted by atomic mass is 127. The molecule has 1 atom stereocenters. The summed E-state index contributed by atoms with van der Waals surface area (Å²) >= 11 is 0. The molecule has 0 aromatic rings. The molecule has 0 spiro atoms. The number of rotatable bonds is 8. The van der Waals surface area contributed by atoms with Crippen LogP contribution in [0.15, 0.2) is 4.99 Å². The van der Waals surface area contributed by atoms with E-state index < -0.39 is 0 Å². The maximum Gasteiger partial charge on any atom is 0.191 e. The first-order valence-electron chi connectivity index (χ1n) is 10.1. The number of halogens is 1. The SMILES string of the molecule is CCC(CNC(=NC)NCCCN1CCC(C)CC1)N1CCCC1.I. The van der Waals surface area contributed by atoms with Gasteiger partial charge in [-0.25, -0.2) is 0 Å². The van der Waals surface area contributed by atoms with Gasteiger partial charge in [-0.15, -0.1) is 24.0 Å². The first-order valence-corrected chi connectivity index (χ1v) is 10.1. The molecule has 148 valence electrons. The molecule has 2 aliphatic heterocycles. The van der Waals surface area contributed by atoms with Crippen molar-refractivity contribution in [3.63, 3.8) is 0 Å². The van der Waals surface area contributed by atoms with E-state index in [1.54, 1.807) is 0 Å². The van der Waals surface area contributed by atoms with Gasteiger partial charge in [-0.3, -0.25) is 9.89 Å². The molecular formula is C19H40IN5. The predicted octanol–water partition coefficient (Wildman–Crippen LogP) is 2.77. The van der Waals surface area contributed by atoms with Gasteiger partial charge in [-0.1, -0.05) is 13.8 Å². The van der Waals surface area contributed by atoms with E-state index in [2.05, 4.69) is 39.3 Å². The number of hydrogen-bond donors (Lipinski definition) is 2. The van der Waals surface area contributed by atoms with Crippen molar-refractivity contribution in [2.75, 3.05) is 52.9 Å². The summed E-state index contributed by atoms with van der Waals surface area (Å²) in [6, 6.07) is 0.640. The smallest absolute Gasteiger partial charge is 0.191 e. The highest BCUT2D eigenvalue weighted by molar-refractivity contribution is 14.0. The third kappa shape index (κ3) is 8.43. The molecule has 6 heteroatoms. The lowest BCUT2D eigenvalue weighted by Crippen LogP contribution is -2.46. The normalized spacial score (nSPS) is 21.8. The van der Waals surface area contributed by atoms with Gasteiger partial charge in [0.05, 0.1) is 0 Å². The standard InChI is InChI=1S/C19H39N5.HI/c1-4-18(24-12-5-6-13-24)16-22-19(20-3)21-10-7-11-23-14-8-17(2)9-15-23;/h17-18H,4-16H2,1-3H3,(H2,20,21,22);1H. The molecule has 2 heterocycles. The van der Waals surface area contributed by atoms with Crippen LogP contribution >= 0.6 is 24.0 Å². The largest absolute Gasteiger partial charge is 0.356 e. The monoisotopic (exact) mass is 465 g/mol. The molecule has 0 amide bonds. The van der Waals surface area contributed by atoms with Crippen LogP contribution in [0.2, 0.25) is 0 Å². The molecule has 2 rings (SSSR count). The maximum atomic E-state index is 4.38. The van der Waals surface area contributed by atoms with E-state index in [1.807, 2.05) is 7.05 Å². The predicted molar refractivity (Wildman–Crippen MR) is 119 cm³/mol. The second-order valence-electron chi connectivity index (χ2n) is 7.56. The molecule has 0 bridgehead atoms. The van der Waals surface area contributed by atoms with Crippen molar-refractivity contribution in [2.45, 2.75) is 58.4 Å². The second kappa shape index (κ2) is 13.1. The fourth-order valence-electron chi connectivity index (χ4n) is 3.87. The Morgan fingerprint density at radius 2 is 1.80 bits per heavy atom. The molecule has 1 unspecified atom stereocenters. The zero-order valence-electron chi connectivity index (χ0n) is 16.6. The number of aliphatic imine (C=N–C) groups is 1. The molecule has 25 heavy (non-hydrogen) atoms. The van der Waals surface area contributed by atoms with Crippen molar-refractivity contribution >= 4 is 29.9 Å². The molecule has 2 fully saturated rings. The number of piperidine rings is 1. The van der Waals surface area contributed by atoms with Gasteiger partial charge in [0.25, 0.3) is 0 Å². The van der Waals surface area contributed by atoms with Crippen LogP contribution in [0.5, 0.6) is 0 Å². The van der Waals surface area contributed by atoms with Crippen LogP contribution < -0.4 is 10.6 Å². The summed E-state index contributed by atoms with van der Waals surface area (Å²) in [6.45, 7) is 13.0. The van der Waals surface area contributed by atoms with Crippen LogP contribution in [0.4, 0.5) is 0 Å². The minimum Gasteiger partial charge on any atom is -0.356 e. The molecule has 2 saturated heterocycles. The summed E-state index contributed by atoms with van der Waals surface area (Å²) in [5.41, 5.74) is 0. The molecule has 0 aliphatic carbocycles. The highest BCUT2D eigenvalue weighted by Gasteiger charge is 2.20. The molecule has 0 aromatic heterocycles. The summed E-state index contributed by atoms with van der Waals surface area (Å²) in [6.07, 6.45) is 7.85. The number of nitrogens with zero attached hydrogens (tertiary/aromatic N) is 3. The topological polar surface area (TPSA) is 42.9 Å². The Bertz CT molecular complexity index is 363. The van der Waals surface area contributed by atoms with Gasteiger partial charge in [-0.2, -0.15) is 0 Å². The van der Waals surface area contributed by atoms with E-state index in [0.717, 1.165) is 25.0 Å². The molecule has 2 N–H and O–H groups in total.